The van der Waals surface area contributed by atoms with Gasteiger partial charge in [-0.25, -0.2) is 9.13 Å². The highest BCUT2D eigenvalue weighted by atomic mass is 31.2. The Morgan fingerprint density at radius 1 is 0.290 bits per heavy atom. The third-order valence-corrected chi connectivity index (χ3v) is 21.1. The number of hydrogen-bond acceptors (Lipinski definition) is 15. The molecule has 3 N–H and O–H groups in total. The number of rotatable bonds is 79. The lowest BCUT2D eigenvalue weighted by Crippen LogP contribution is -2.30. The summed E-state index contributed by atoms with van der Waals surface area (Å²) in [5.74, 6) is 0.173. The average molecular weight is 1470 g/mol. The third-order valence-electron chi connectivity index (χ3n) is 19.2. The van der Waals surface area contributed by atoms with Crippen molar-refractivity contribution in [2.75, 3.05) is 39.6 Å². The standard InChI is InChI=1S/C81H158O17P2/c1-8-10-11-12-13-14-15-16-17-18-19-20-21-22-23-26-30-33-43-50-57-64-80(85)97-76(68-91-78(83)62-55-48-41-32-29-27-24-25-28-31-38-45-52-59-72(3)4)70-95-99(87,88)93-66-75(82)67-94-100(89,90)96-71-77(69-92-79(84)63-56-49-42-36-34-39-46-53-60-73(5)6)98-81(86)65-58-51-44-37-35-40-47-54-61-74(7)9-2/h72-77,82H,8-71H2,1-7H3,(H,87,88)(H,89,90)/t74?,75-,76-,77-/m1/s1. The van der Waals surface area contributed by atoms with E-state index in [1.54, 1.807) is 0 Å². The van der Waals surface area contributed by atoms with Gasteiger partial charge in [-0.15, -0.1) is 0 Å². The van der Waals surface area contributed by atoms with Crippen molar-refractivity contribution in [2.45, 2.75) is 439 Å². The van der Waals surface area contributed by atoms with Crippen molar-refractivity contribution in [3.05, 3.63) is 0 Å². The monoisotopic (exact) mass is 1470 g/mol. The predicted octanol–water partition coefficient (Wildman–Crippen LogP) is 24.1. The minimum Gasteiger partial charge on any atom is -0.462 e. The second-order valence-corrected chi connectivity index (χ2v) is 33.3. The number of aliphatic hydroxyl groups excluding tert-OH is 1. The molecule has 594 valence electrons. The van der Waals surface area contributed by atoms with E-state index in [2.05, 4.69) is 48.5 Å². The fourth-order valence-electron chi connectivity index (χ4n) is 12.5. The number of unbranched alkanes of at least 4 members (excludes halogenated alkanes) is 46. The second kappa shape index (κ2) is 71.3. The van der Waals surface area contributed by atoms with E-state index in [1.807, 2.05) is 0 Å². The highest BCUT2D eigenvalue weighted by molar-refractivity contribution is 7.47. The molecule has 0 spiro atoms. The van der Waals surface area contributed by atoms with E-state index in [1.165, 1.54) is 231 Å². The number of hydrogen-bond donors (Lipinski definition) is 3. The number of esters is 4. The third kappa shape index (κ3) is 73.0. The van der Waals surface area contributed by atoms with Gasteiger partial charge < -0.3 is 33.8 Å². The first-order chi connectivity index (χ1) is 48.3. The lowest BCUT2D eigenvalue weighted by atomic mass is 9.99. The van der Waals surface area contributed by atoms with Gasteiger partial charge in [-0.2, -0.15) is 0 Å². The lowest BCUT2D eigenvalue weighted by Gasteiger charge is -2.21. The zero-order chi connectivity index (χ0) is 73.7. The topological polar surface area (TPSA) is 237 Å². The SMILES string of the molecule is CCCCCCCCCCCCCCCCCCCCCCCC(=O)O[C@H](COC(=O)CCCCCCCCCCCCCCCC(C)C)COP(=O)(O)OC[C@@H](O)COP(=O)(O)OC[C@@H](COC(=O)CCCCCCCCCCC(C)C)OC(=O)CCCCCCCCCCC(C)CC. The van der Waals surface area contributed by atoms with Crippen molar-refractivity contribution < 1.29 is 80.2 Å². The van der Waals surface area contributed by atoms with Crippen molar-refractivity contribution in [1.82, 2.24) is 0 Å². The summed E-state index contributed by atoms with van der Waals surface area (Å²) in [4.78, 5) is 73.0. The second-order valence-electron chi connectivity index (χ2n) is 30.4. The molecule has 0 aliphatic heterocycles. The van der Waals surface area contributed by atoms with Gasteiger partial charge in [-0.1, -0.05) is 370 Å². The molecule has 19 heteroatoms. The highest BCUT2D eigenvalue weighted by Crippen LogP contribution is 2.45. The number of phosphoric ester groups is 2. The Balaban J connectivity index is 5.23. The van der Waals surface area contributed by atoms with Crippen molar-refractivity contribution >= 4 is 39.5 Å². The van der Waals surface area contributed by atoms with Gasteiger partial charge in [-0.3, -0.25) is 37.3 Å². The van der Waals surface area contributed by atoms with E-state index in [9.17, 15) is 43.2 Å². The molecule has 0 aromatic heterocycles. The van der Waals surface area contributed by atoms with Crippen LogP contribution in [0.2, 0.25) is 0 Å². The van der Waals surface area contributed by atoms with Crippen LogP contribution in [-0.4, -0.2) is 96.7 Å². The Bertz CT molecular complexity index is 1940. The van der Waals surface area contributed by atoms with Crippen LogP contribution in [0.4, 0.5) is 0 Å². The molecule has 0 rings (SSSR count). The van der Waals surface area contributed by atoms with Crippen LogP contribution in [-0.2, 0) is 65.4 Å². The highest BCUT2D eigenvalue weighted by Gasteiger charge is 2.30. The van der Waals surface area contributed by atoms with Crippen LogP contribution in [0.25, 0.3) is 0 Å². The molecule has 0 bridgehead atoms. The Hall–Kier alpha value is -1.94. The summed E-state index contributed by atoms with van der Waals surface area (Å²) >= 11 is 0. The molecule has 6 atom stereocenters. The summed E-state index contributed by atoms with van der Waals surface area (Å²) in [5, 5.41) is 10.6. The molecule has 0 radical (unpaired) electrons. The Kier molecular flexibility index (Phi) is 69.9. The summed E-state index contributed by atoms with van der Waals surface area (Å²) in [6.45, 7) is 11.9. The molecule has 17 nitrogen and oxygen atoms in total. The van der Waals surface area contributed by atoms with Crippen molar-refractivity contribution in [3.63, 3.8) is 0 Å². The van der Waals surface area contributed by atoms with Gasteiger partial charge in [0.05, 0.1) is 26.4 Å². The normalized spacial score (nSPS) is 14.2. The van der Waals surface area contributed by atoms with Gasteiger partial charge in [0.1, 0.15) is 19.3 Å². The van der Waals surface area contributed by atoms with E-state index >= 15 is 0 Å². The molecule has 0 aromatic rings. The minimum atomic E-state index is -4.96. The van der Waals surface area contributed by atoms with Crippen LogP contribution in [0.5, 0.6) is 0 Å². The summed E-state index contributed by atoms with van der Waals surface area (Å²) in [7, 11) is -9.92. The Morgan fingerprint density at radius 2 is 0.510 bits per heavy atom. The largest absolute Gasteiger partial charge is 0.472 e. The molecule has 0 aromatic carbocycles. The number of aliphatic hydroxyl groups is 1. The Morgan fingerprint density at radius 3 is 0.760 bits per heavy atom. The summed E-state index contributed by atoms with van der Waals surface area (Å²) < 4.78 is 68.7. The first-order valence-corrected chi connectivity index (χ1v) is 44.9. The van der Waals surface area contributed by atoms with E-state index in [0.29, 0.717) is 25.7 Å². The molecule has 0 heterocycles. The van der Waals surface area contributed by atoms with E-state index in [-0.39, 0.29) is 25.7 Å². The van der Waals surface area contributed by atoms with Gasteiger partial charge in [0.15, 0.2) is 12.2 Å². The molecular weight excluding hydrogens is 1310 g/mol. The van der Waals surface area contributed by atoms with E-state index in [0.717, 1.165) is 108 Å². The quantitative estimate of drug-likeness (QED) is 0.0222. The van der Waals surface area contributed by atoms with Crippen LogP contribution in [0, 0.1) is 17.8 Å². The molecule has 0 saturated heterocycles. The fraction of sp³-hybridized carbons (Fsp3) is 0.951. The molecule has 100 heavy (non-hydrogen) atoms. The molecule has 0 amide bonds. The maximum atomic E-state index is 13.1. The Labute approximate surface area is 613 Å². The average Bonchev–Trinajstić information content (AvgIpc) is 0.930. The zero-order valence-corrected chi connectivity index (χ0v) is 67.5. The number of carbonyl (C=O) groups is 4. The van der Waals surface area contributed by atoms with Crippen LogP contribution in [0.1, 0.15) is 421 Å². The van der Waals surface area contributed by atoms with Gasteiger partial charge >= 0.3 is 39.5 Å². The zero-order valence-electron chi connectivity index (χ0n) is 65.7. The van der Waals surface area contributed by atoms with Crippen molar-refractivity contribution in [1.29, 1.82) is 0 Å². The maximum Gasteiger partial charge on any atom is 0.472 e. The lowest BCUT2D eigenvalue weighted by molar-refractivity contribution is -0.161. The van der Waals surface area contributed by atoms with Crippen LogP contribution in [0.15, 0.2) is 0 Å². The summed E-state index contributed by atoms with van der Waals surface area (Å²) in [6.07, 6.45) is 59.8. The summed E-state index contributed by atoms with van der Waals surface area (Å²) in [6, 6.07) is 0. The molecule has 0 aliphatic carbocycles. The predicted molar refractivity (Wildman–Crippen MR) is 409 cm³/mol. The van der Waals surface area contributed by atoms with Crippen molar-refractivity contribution in [2.24, 2.45) is 17.8 Å². The van der Waals surface area contributed by atoms with Crippen molar-refractivity contribution in [3.8, 4) is 0 Å². The summed E-state index contributed by atoms with van der Waals surface area (Å²) in [5.41, 5.74) is 0. The van der Waals surface area contributed by atoms with Gasteiger partial charge in [0, 0.05) is 25.7 Å². The first-order valence-electron chi connectivity index (χ1n) is 41.9. The fourth-order valence-corrected chi connectivity index (χ4v) is 14.0. The van der Waals surface area contributed by atoms with E-state index in [4.69, 9.17) is 37.0 Å². The maximum absolute atomic E-state index is 13.1. The molecule has 3 unspecified atom stereocenters. The van der Waals surface area contributed by atoms with Gasteiger partial charge in [-0.05, 0) is 43.4 Å². The molecule has 0 fully saturated rings. The molecular formula is C81H158O17P2. The number of carbonyl (C=O) groups excluding carboxylic acids is 4. The van der Waals surface area contributed by atoms with Crippen LogP contribution in [0.3, 0.4) is 0 Å². The number of phosphoric acid groups is 2. The van der Waals surface area contributed by atoms with Crippen LogP contribution < -0.4 is 0 Å². The van der Waals surface area contributed by atoms with E-state index < -0.39 is 97.5 Å². The smallest absolute Gasteiger partial charge is 0.462 e. The molecule has 0 saturated carbocycles. The first kappa shape index (κ1) is 98.1. The minimum absolute atomic E-state index is 0.104. The molecule has 0 aliphatic rings. The van der Waals surface area contributed by atoms with Gasteiger partial charge in [0.2, 0.25) is 0 Å². The van der Waals surface area contributed by atoms with Crippen LogP contribution >= 0.6 is 15.6 Å². The van der Waals surface area contributed by atoms with Gasteiger partial charge in [0.25, 0.3) is 0 Å². The number of ether oxygens (including phenoxy) is 4.